The Hall–Kier alpha value is -4.33. The van der Waals surface area contributed by atoms with Gasteiger partial charge in [-0.1, -0.05) is 72.0 Å². The molecule has 2 aromatic carbocycles. The summed E-state index contributed by atoms with van der Waals surface area (Å²) in [6.45, 7) is 6.43. The minimum atomic E-state index is -4.54. The third kappa shape index (κ3) is 9.66. The van der Waals surface area contributed by atoms with E-state index in [4.69, 9.17) is 30.4 Å². The van der Waals surface area contributed by atoms with Gasteiger partial charge in [0.2, 0.25) is 5.69 Å². The maximum Gasteiger partial charge on any atom is 0.323 e. The molecule has 1 fully saturated rings. The molecule has 1 saturated heterocycles. The van der Waals surface area contributed by atoms with Gasteiger partial charge in [-0.3, -0.25) is 33.0 Å². The molecule has 21 heteroatoms. The maximum atomic E-state index is 13.9. The van der Waals surface area contributed by atoms with Gasteiger partial charge in [-0.25, -0.2) is 4.85 Å². The molecule has 3 N–H and O–H groups in total. The van der Waals surface area contributed by atoms with Crippen LogP contribution < -0.4 is 24.6 Å². The number of aromatic nitrogens is 1. The quantitative estimate of drug-likeness (QED) is 0.129. The van der Waals surface area contributed by atoms with Gasteiger partial charge in [0.05, 0.1) is 34.0 Å². The number of halogens is 1. The summed E-state index contributed by atoms with van der Waals surface area (Å²) in [5.74, 6) is -2.89. The maximum absolute atomic E-state index is 13.9. The molecule has 0 aliphatic carbocycles. The summed E-state index contributed by atoms with van der Waals surface area (Å²) < 4.78 is 66.5. The molecule has 0 atom stereocenters. The van der Waals surface area contributed by atoms with Crippen LogP contribution in [0.1, 0.15) is 12.0 Å². The van der Waals surface area contributed by atoms with Gasteiger partial charge in [0.1, 0.15) is 26.3 Å². The molecule has 0 radical (unpaired) electrons. The van der Waals surface area contributed by atoms with Gasteiger partial charge in [-0.05, 0) is 48.3 Å². The van der Waals surface area contributed by atoms with Crippen LogP contribution in [0.15, 0.2) is 70.8 Å². The monoisotopic (exact) mass is 851 g/mol. The molecule has 3 aromatic rings. The third-order valence-corrected chi connectivity index (χ3v) is 12.6. The van der Waals surface area contributed by atoms with Crippen molar-refractivity contribution in [3.63, 3.8) is 0 Å². The lowest BCUT2D eigenvalue weighted by Gasteiger charge is -2.22. The fraction of sp³-hybridized carbons (Fsp3) is 0.242. The van der Waals surface area contributed by atoms with Crippen molar-refractivity contribution >= 4 is 111 Å². The molecule has 54 heavy (non-hydrogen) atoms. The summed E-state index contributed by atoms with van der Waals surface area (Å²) in [4.78, 5) is 46.5. The zero-order valence-electron chi connectivity index (χ0n) is 28.1. The SMILES string of the molecule is [C-]#[N+]c1cc2c(cc1Cl)N(C)C(=CC=C(C=c1s/c(=C3/SC(=S)N(CC(=O)O)C3=O)n(CCS(=O)(=O)O)c1=O)Cc1ccccc1)N2CCCS(=O)(=O)O. The molecular weight excluding hydrogens is 822 g/mol. The van der Waals surface area contributed by atoms with Crippen LogP contribution in [0.3, 0.4) is 0 Å². The Labute approximate surface area is 328 Å². The van der Waals surface area contributed by atoms with Crippen LogP contribution in [0, 0.1) is 6.57 Å². The molecule has 15 nitrogen and oxygen atoms in total. The van der Waals surface area contributed by atoms with E-state index < -0.39 is 62.3 Å². The largest absolute Gasteiger partial charge is 0.480 e. The van der Waals surface area contributed by atoms with E-state index in [0.29, 0.717) is 22.8 Å². The molecule has 284 valence electrons. The minimum absolute atomic E-state index is 0.0287. The summed E-state index contributed by atoms with van der Waals surface area (Å²) in [6, 6.07) is 12.4. The normalized spacial score (nSPS) is 17.2. The highest BCUT2D eigenvalue weighted by atomic mass is 35.5. The number of thiocarbonyl (C=S) groups is 1. The van der Waals surface area contributed by atoms with Crippen molar-refractivity contribution < 1.29 is 40.6 Å². The number of benzene rings is 2. The fourth-order valence-corrected chi connectivity index (χ4v) is 9.28. The zero-order valence-corrected chi connectivity index (χ0v) is 32.9. The number of hydrogen-bond donors (Lipinski definition) is 3. The number of fused-ring (bicyclic) bond motifs is 1. The Kier molecular flexibility index (Phi) is 12.5. The van der Waals surface area contributed by atoms with E-state index in [9.17, 15) is 45.4 Å². The molecule has 1 amide bonds. The number of thiazole rings is 1. The van der Waals surface area contributed by atoms with E-state index in [1.54, 1.807) is 47.2 Å². The van der Waals surface area contributed by atoms with E-state index in [2.05, 4.69) is 4.85 Å². The number of carbonyl (C=O) groups excluding carboxylic acids is 1. The van der Waals surface area contributed by atoms with Crippen molar-refractivity contribution in [2.45, 2.75) is 19.4 Å². The minimum Gasteiger partial charge on any atom is -0.480 e. The third-order valence-electron chi connectivity index (χ3n) is 8.05. The van der Waals surface area contributed by atoms with Crippen molar-refractivity contribution in [2.75, 3.05) is 41.4 Å². The Bertz CT molecular complexity index is 2560. The van der Waals surface area contributed by atoms with E-state index in [-0.39, 0.29) is 48.5 Å². The molecule has 3 heterocycles. The highest BCUT2D eigenvalue weighted by Crippen LogP contribution is 2.46. The summed E-state index contributed by atoms with van der Waals surface area (Å²) in [5.41, 5.74) is 2.14. The lowest BCUT2D eigenvalue weighted by Crippen LogP contribution is -2.36. The van der Waals surface area contributed by atoms with Crippen molar-refractivity contribution in [2.24, 2.45) is 0 Å². The summed E-state index contributed by atoms with van der Waals surface area (Å²) in [6.07, 6.45) is 5.35. The van der Waals surface area contributed by atoms with Crippen LogP contribution in [0.2, 0.25) is 5.02 Å². The first-order chi connectivity index (χ1) is 25.4. The number of thioether (sulfide) groups is 1. The van der Waals surface area contributed by atoms with Gasteiger partial charge in [0, 0.05) is 25.2 Å². The first kappa shape index (κ1) is 40.8. The molecule has 0 spiro atoms. The number of nitrogens with zero attached hydrogens (tertiary/aromatic N) is 5. The Morgan fingerprint density at radius 2 is 1.70 bits per heavy atom. The summed E-state index contributed by atoms with van der Waals surface area (Å²) >= 11 is 13.2. The van der Waals surface area contributed by atoms with E-state index in [1.165, 1.54) is 0 Å². The number of amides is 1. The van der Waals surface area contributed by atoms with E-state index in [0.717, 1.165) is 38.1 Å². The van der Waals surface area contributed by atoms with Gasteiger partial charge in [-0.15, -0.1) is 11.3 Å². The van der Waals surface area contributed by atoms with Crippen molar-refractivity contribution in [1.82, 2.24) is 9.47 Å². The number of carboxylic acid groups (broad SMARTS) is 1. The van der Waals surface area contributed by atoms with Gasteiger partial charge in [0.15, 0.2) is 0 Å². The van der Waals surface area contributed by atoms with Crippen LogP contribution in [0.25, 0.3) is 15.8 Å². The predicted molar refractivity (Wildman–Crippen MR) is 212 cm³/mol. The molecule has 0 unspecified atom stereocenters. The second-order valence-electron chi connectivity index (χ2n) is 11.8. The lowest BCUT2D eigenvalue weighted by molar-refractivity contribution is -0.140. The Balaban J connectivity index is 1.69. The second kappa shape index (κ2) is 16.6. The second-order valence-corrected chi connectivity index (χ2v) is 18.1. The number of allylic oxidation sites excluding steroid dienone is 3. The average molecular weight is 852 g/mol. The highest BCUT2D eigenvalue weighted by molar-refractivity contribution is 8.30. The lowest BCUT2D eigenvalue weighted by atomic mass is 10.0. The average Bonchev–Trinajstić information content (AvgIpc) is 3.64. The van der Waals surface area contributed by atoms with Crippen LogP contribution in [-0.2, 0) is 42.8 Å². The number of hydrogen-bond acceptors (Lipinski definition) is 12. The number of anilines is 2. The highest BCUT2D eigenvalue weighted by Gasteiger charge is 2.35. The fourth-order valence-electron chi connectivity index (χ4n) is 5.62. The topological polar surface area (TPSA) is 199 Å². The van der Waals surface area contributed by atoms with E-state index in [1.807, 2.05) is 30.3 Å². The number of rotatable bonds is 13. The zero-order chi connectivity index (χ0) is 39.5. The first-order valence-electron chi connectivity index (χ1n) is 15.7. The first-order valence-corrected chi connectivity index (χ1v) is 21.3. The molecule has 0 bridgehead atoms. The Morgan fingerprint density at radius 3 is 2.33 bits per heavy atom. The number of carbonyl (C=O) groups is 2. The van der Waals surface area contributed by atoms with Gasteiger partial charge >= 0.3 is 5.97 Å². The molecule has 1 aromatic heterocycles. The molecular formula is C33H30ClN5O10S5. The van der Waals surface area contributed by atoms with Crippen molar-refractivity contribution in [1.29, 1.82) is 0 Å². The molecule has 2 aliphatic rings. The predicted octanol–water partition coefficient (Wildman–Crippen LogP) is 3.08. The van der Waals surface area contributed by atoms with E-state index >= 15 is 0 Å². The smallest absolute Gasteiger partial charge is 0.323 e. The van der Waals surface area contributed by atoms with Crippen molar-refractivity contribution in [3.05, 3.63) is 108 Å². The molecule has 0 saturated carbocycles. The molecule has 2 aliphatic heterocycles. The van der Waals surface area contributed by atoms with Crippen LogP contribution in [0.4, 0.5) is 17.1 Å². The van der Waals surface area contributed by atoms with Gasteiger partial charge in [0.25, 0.3) is 31.7 Å². The van der Waals surface area contributed by atoms with Crippen LogP contribution >= 0.6 is 46.9 Å². The number of aliphatic carboxylic acids is 1. The summed E-state index contributed by atoms with van der Waals surface area (Å²) in [7, 11) is -7.05. The van der Waals surface area contributed by atoms with Crippen LogP contribution in [0.5, 0.6) is 0 Å². The van der Waals surface area contributed by atoms with Crippen molar-refractivity contribution in [3.8, 4) is 0 Å². The van der Waals surface area contributed by atoms with Crippen LogP contribution in [-0.4, -0.2) is 88.4 Å². The van der Waals surface area contributed by atoms with Gasteiger partial charge in [-0.2, -0.15) is 16.8 Å². The standard InChI is InChI=1S/C33H30ClN5O10S5/c1-35-23-18-25-24(17-22(23)34)36(2)27(37(25)11-6-13-53(44,45)46)10-9-21(15-20-7-4-3-5-8-20)16-26-30(42)38(12-14-54(47,48)49)32(51-26)29-31(43)39(19-28(40)41)33(50)52-29/h3-5,7-10,16-18H,6,11-15,19H2,2H3,(H,40,41)(H,44,45,46)(H,47,48,49)/b21-9?,26-16?,27-10?,32-29+. The summed E-state index contributed by atoms with van der Waals surface area (Å²) in [5, 5.41) is 9.51. The number of carboxylic acids is 1. The Morgan fingerprint density at radius 1 is 1.02 bits per heavy atom. The molecule has 5 rings (SSSR count). The van der Waals surface area contributed by atoms with Gasteiger partial charge < -0.3 is 14.9 Å².